The normalized spacial score (nSPS) is 10.5. The van der Waals surface area contributed by atoms with Gasteiger partial charge < -0.3 is 5.73 Å². The third kappa shape index (κ3) is 1.20. The van der Waals surface area contributed by atoms with Crippen molar-refractivity contribution in [1.82, 2.24) is 4.98 Å². The van der Waals surface area contributed by atoms with Gasteiger partial charge in [-0.05, 0) is 0 Å². The van der Waals surface area contributed by atoms with Crippen LogP contribution in [-0.4, -0.2) is 9.91 Å². The predicted octanol–water partition coefficient (Wildman–Crippen LogP) is 1.79. The van der Waals surface area contributed by atoms with Gasteiger partial charge in [-0.3, -0.25) is 10.1 Å². The molecule has 0 spiro atoms. The summed E-state index contributed by atoms with van der Waals surface area (Å²) in [6, 6.07) is 1.44. The highest BCUT2D eigenvalue weighted by Gasteiger charge is 2.09. The molecule has 2 rings (SSSR count). The Morgan fingerprint density at radius 3 is 3.08 bits per heavy atom. The number of fused-ring (bicyclic) bond motifs is 1. The molecule has 0 saturated heterocycles. The number of hydrogen-bond donors (Lipinski definition) is 1. The number of rotatable bonds is 1. The number of nitrogens with two attached hydrogens (primary N) is 1. The van der Waals surface area contributed by atoms with E-state index >= 15 is 0 Å². The maximum absolute atomic E-state index is 10.4. The summed E-state index contributed by atoms with van der Waals surface area (Å²) in [5.74, 6) is 0. The van der Waals surface area contributed by atoms with Crippen molar-refractivity contribution in [2.45, 2.75) is 0 Å². The van der Waals surface area contributed by atoms with E-state index in [0.29, 0.717) is 11.1 Å². The Morgan fingerprint density at radius 2 is 2.38 bits per heavy atom. The van der Waals surface area contributed by atoms with Gasteiger partial charge in [0.15, 0.2) is 0 Å². The monoisotopic (exact) mass is 195 g/mol. The minimum Gasteiger partial charge on any atom is -0.397 e. The second-order valence-corrected chi connectivity index (χ2v) is 3.35. The van der Waals surface area contributed by atoms with Gasteiger partial charge in [-0.25, -0.2) is 4.98 Å². The molecule has 0 saturated carbocycles. The molecule has 0 fully saturated rings. The molecule has 6 heteroatoms. The molecule has 66 valence electrons. The highest BCUT2D eigenvalue weighted by molar-refractivity contribution is 7.17. The molecule has 13 heavy (non-hydrogen) atoms. The van der Waals surface area contributed by atoms with Gasteiger partial charge in [0, 0.05) is 16.8 Å². The van der Waals surface area contributed by atoms with Crippen LogP contribution in [0.3, 0.4) is 0 Å². The molecule has 5 nitrogen and oxygen atoms in total. The Balaban J connectivity index is 2.72. The fourth-order valence-corrected chi connectivity index (χ4v) is 1.81. The number of anilines is 1. The van der Waals surface area contributed by atoms with Gasteiger partial charge in [0.2, 0.25) is 0 Å². The minimum absolute atomic E-state index is 0.0300. The van der Waals surface area contributed by atoms with Gasteiger partial charge >= 0.3 is 0 Å². The first-order valence-corrected chi connectivity index (χ1v) is 4.33. The van der Waals surface area contributed by atoms with Crippen molar-refractivity contribution >= 4 is 32.9 Å². The third-order valence-electron chi connectivity index (χ3n) is 1.66. The molecule has 2 aromatic rings. The molecule has 2 heterocycles. The predicted molar refractivity (Wildman–Crippen MR) is 50.7 cm³/mol. The van der Waals surface area contributed by atoms with E-state index < -0.39 is 4.92 Å². The number of aromatic nitrogens is 1. The maximum Gasteiger partial charge on any atom is 0.288 e. The van der Waals surface area contributed by atoms with Crippen LogP contribution in [0.4, 0.5) is 11.4 Å². The average molecular weight is 195 g/mol. The van der Waals surface area contributed by atoms with Crippen LogP contribution in [0, 0.1) is 10.1 Å². The third-order valence-corrected chi connectivity index (χ3v) is 2.58. The van der Waals surface area contributed by atoms with Crippen LogP contribution < -0.4 is 5.73 Å². The minimum atomic E-state index is -0.483. The van der Waals surface area contributed by atoms with Crippen molar-refractivity contribution in [2.24, 2.45) is 0 Å². The average Bonchev–Trinajstić information content (AvgIpc) is 2.47. The van der Waals surface area contributed by atoms with E-state index in [1.54, 1.807) is 5.38 Å². The summed E-state index contributed by atoms with van der Waals surface area (Å²) < 4.78 is 0. The van der Waals surface area contributed by atoms with Gasteiger partial charge in [0.05, 0.1) is 10.6 Å². The summed E-state index contributed by atoms with van der Waals surface area (Å²) in [4.78, 5) is 14.6. The summed E-state index contributed by atoms with van der Waals surface area (Å²) in [5.41, 5.74) is 6.10. The number of thiophene rings is 1. The second kappa shape index (κ2) is 2.67. The summed E-state index contributed by atoms with van der Waals surface area (Å²) in [6.07, 6.45) is 1.23. The summed E-state index contributed by atoms with van der Waals surface area (Å²) >= 11 is 1.38. The SMILES string of the molecule is Nc1csc2ncc([N+](=O)[O-])cc12. The summed E-state index contributed by atoms with van der Waals surface area (Å²) in [6.45, 7) is 0. The van der Waals surface area contributed by atoms with E-state index in [2.05, 4.69) is 4.98 Å². The molecule has 0 aliphatic heterocycles. The van der Waals surface area contributed by atoms with Gasteiger partial charge in [-0.15, -0.1) is 11.3 Å². The van der Waals surface area contributed by atoms with Crippen LogP contribution >= 0.6 is 11.3 Å². The van der Waals surface area contributed by atoms with E-state index in [0.717, 1.165) is 4.83 Å². The lowest BCUT2D eigenvalue weighted by Crippen LogP contribution is -1.89. The van der Waals surface area contributed by atoms with Crippen molar-refractivity contribution in [1.29, 1.82) is 0 Å². The van der Waals surface area contributed by atoms with E-state index in [-0.39, 0.29) is 5.69 Å². The highest BCUT2D eigenvalue weighted by Crippen LogP contribution is 2.28. The molecule has 0 aliphatic carbocycles. The van der Waals surface area contributed by atoms with E-state index in [1.807, 2.05) is 0 Å². The molecular formula is C7H5N3O2S. The number of hydrogen-bond acceptors (Lipinski definition) is 5. The molecule has 2 aromatic heterocycles. The Kier molecular flexibility index (Phi) is 1.63. The van der Waals surface area contributed by atoms with Crippen molar-refractivity contribution in [3.63, 3.8) is 0 Å². The molecule has 0 radical (unpaired) electrons. The van der Waals surface area contributed by atoms with E-state index in [1.165, 1.54) is 23.6 Å². The highest BCUT2D eigenvalue weighted by atomic mass is 32.1. The van der Waals surface area contributed by atoms with Gasteiger partial charge in [-0.1, -0.05) is 0 Å². The van der Waals surface area contributed by atoms with E-state index in [4.69, 9.17) is 5.73 Å². The molecule has 0 bridgehead atoms. The van der Waals surface area contributed by atoms with Crippen LogP contribution in [0.1, 0.15) is 0 Å². The number of nitrogen functional groups attached to an aromatic ring is 1. The molecule has 2 N–H and O–H groups in total. The van der Waals surface area contributed by atoms with Crippen LogP contribution in [0.25, 0.3) is 10.2 Å². The summed E-state index contributed by atoms with van der Waals surface area (Å²) in [5, 5.41) is 12.8. The first kappa shape index (κ1) is 7.93. The standard InChI is InChI=1S/C7H5N3O2S/c8-6-3-13-7-5(6)1-4(2-9-7)10(11)12/h1-3H,8H2. The first-order chi connectivity index (χ1) is 6.18. The number of nitro groups is 1. The topological polar surface area (TPSA) is 82.0 Å². The maximum atomic E-state index is 10.4. The lowest BCUT2D eigenvalue weighted by atomic mass is 10.3. The van der Waals surface area contributed by atoms with Crippen molar-refractivity contribution < 1.29 is 4.92 Å². The van der Waals surface area contributed by atoms with Gasteiger partial charge in [0.25, 0.3) is 5.69 Å². The van der Waals surface area contributed by atoms with Crippen LogP contribution in [0.15, 0.2) is 17.6 Å². The van der Waals surface area contributed by atoms with Crippen molar-refractivity contribution in [2.75, 3.05) is 5.73 Å². The fourth-order valence-electron chi connectivity index (χ4n) is 1.02. The smallest absolute Gasteiger partial charge is 0.288 e. The molecule has 0 amide bonds. The second-order valence-electron chi connectivity index (χ2n) is 2.49. The van der Waals surface area contributed by atoms with E-state index in [9.17, 15) is 10.1 Å². The molecular weight excluding hydrogens is 190 g/mol. The quantitative estimate of drug-likeness (QED) is 0.555. The lowest BCUT2D eigenvalue weighted by molar-refractivity contribution is -0.385. The summed E-state index contributed by atoms with van der Waals surface area (Å²) in [7, 11) is 0. The van der Waals surface area contributed by atoms with Crippen molar-refractivity contribution in [3.05, 3.63) is 27.8 Å². The molecule has 0 unspecified atom stereocenters. The molecule has 0 aromatic carbocycles. The largest absolute Gasteiger partial charge is 0.397 e. The zero-order valence-electron chi connectivity index (χ0n) is 6.43. The lowest BCUT2D eigenvalue weighted by Gasteiger charge is -1.91. The van der Waals surface area contributed by atoms with Crippen LogP contribution in [0.2, 0.25) is 0 Å². The molecule has 0 aliphatic rings. The Bertz CT molecular complexity index is 480. The zero-order chi connectivity index (χ0) is 9.42. The van der Waals surface area contributed by atoms with Crippen LogP contribution in [0.5, 0.6) is 0 Å². The Labute approximate surface area is 77.0 Å². The van der Waals surface area contributed by atoms with Crippen molar-refractivity contribution in [3.8, 4) is 0 Å². The Hall–Kier alpha value is -1.69. The fraction of sp³-hybridized carbons (Fsp3) is 0. The Morgan fingerprint density at radius 1 is 1.62 bits per heavy atom. The number of pyridine rings is 1. The van der Waals surface area contributed by atoms with Gasteiger partial charge in [0.1, 0.15) is 11.0 Å². The number of nitrogens with zero attached hydrogens (tertiary/aromatic N) is 2. The first-order valence-electron chi connectivity index (χ1n) is 3.45. The molecule has 0 atom stereocenters. The van der Waals surface area contributed by atoms with Gasteiger partial charge in [-0.2, -0.15) is 0 Å². The van der Waals surface area contributed by atoms with Crippen LogP contribution in [-0.2, 0) is 0 Å². The zero-order valence-corrected chi connectivity index (χ0v) is 7.25.